The fourth-order valence-corrected chi connectivity index (χ4v) is 2.89. The van der Waals surface area contributed by atoms with Gasteiger partial charge in [-0.1, -0.05) is 12.1 Å². The lowest BCUT2D eigenvalue weighted by atomic mass is 10.1. The standard InChI is InChI=1S/C17H19N5/c1-21(17-6-8-19-13-20-17)16-7-9-22(12-16)11-15-4-2-14(10-18)3-5-15/h2-6,8,13,16H,7,9,11-12H2,1H3. The van der Waals surface area contributed by atoms with E-state index in [-0.39, 0.29) is 0 Å². The summed E-state index contributed by atoms with van der Waals surface area (Å²) >= 11 is 0. The Labute approximate surface area is 130 Å². The molecule has 0 N–H and O–H groups in total. The highest BCUT2D eigenvalue weighted by molar-refractivity contribution is 5.37. The Balaban J connectivity index is 1.59. The number of anilines is 1. The van der Waals surface area contributed by atoms with E-state index in [4.69, 9.17) is 5.26 Å². The minimum absolute atomic E-state index is 0.480. The van der Waals surface area contributed by atoms with E-state index in [1.807, 2.05) is 30.3 Å². The zero-order valence-electron chi connectivity index (χ0n) is 12.7. The van der Waals surface area contributed by atoms with Gasteiger partial charge in [-0.15, -0.1) is 0 Å². The van der Waals surface area contributed by atoms with Crippen LogP contribution in [0, 0.1) is 11.3 Å². The molecule has 0 aliphatic carbocycles. The summed E-state index contributed by atoms with van der Waals surface area (Å²) in [5.74, 6) is 0.972. The number of likely N-dealkylation sites (tertiary alicyclic amines) is 1. The summed E-state index contributed by atoms with van der Waals surface area (Å²) in [6.45, 7) is 3.04. The number of hydrogen-bond acceptors (Lipinski definition) is 5. The lowest BCUT2D eigenvalue weighted by Crippen LogP contribution is -2.34. The molecule has 5 nitrogen and oxygen atoms in total. The summed E-state index contributed by atoms with van der Waals surface area (Å²) in [6.07, 6.45) is 4.51. The molecule has 2 aromatic rings. The van der Waals surface area contributed by atoms with Crippen LogP contribution in [0.1, 0.15) is 17.5 Å². The van der Waals surface area contributed by atoms with Gasteiger partial charge in [-0.2, -0.15) is 5.26 Å². The Morgan fingerprint density at radius 2 is 2.14 bits per heavy atom. The number of hydrogen-bond donors (Lipinski definition) is 0. The monoisotopic (exact) mass is 293 g/mol. The van der Waals surface area contributed by atoms with Gasteiger partial charge in [0.15, 0.2) is 0 Å². The summed E-state index contributed by atoms with van der Waals surface area (Å²) < 4.78 is 0. The number of nitrogens with zero attached hydrogens (tertiary/aromatic N) is 5. The van der Waals surface area contributed by atoms with Gasteiger partial charge in [0, 0.05) is 38.9 Å². The maximum Gasteiger partial charge on any atom is 0.131 e. The zero-order valence-corrected chi connectivity index (χ0v) is 12.7. The average molecular weight is 293 g/mol. The van der Waals surface area contributed by atoms with Crippen LogP contribution >= 0.6 is 0 Å². The molecule has 1 aromatic heterocycles. The smallest absolute Gasteiger partial charge is 0.131 e. The van der Waals surface area contributed by atoms with Crippen LogP contribution in [0.15, 0.2) is 42.9 Å². The zero-order chi connectivity index (χ0) is 15.4. The molecule has 2 heterocycles. The minimum Gasteiger partial charge on any atom is -0.355 e. The van der Waals surface area contributed by atoms with E-state index in [1.165, 1.54) is 5.56 Å². The molecule has 22 heavy (non-hydrogen) atoms. The highest BCUT2D eigenvalue weighted by Gasteiger charge is 2.26. The van der Waals surface area contributed by atoms with Crippen LogP contribution < -0.4 is 4.90 Å². The normalized spacial score (nSPS) is 18.1. The van der Waals surface area contributed by atoms with Crippen molar-refractivity contribution in [2.45, 2.75) is 19.0 Å². The van der Waals surface area contributed by atoms with E-state index < -0.39 is 0 Å². The van der Waals surface area contributed by atoms with Gasteiger partial charge in [0.25, 0.3) is 0 Å². The number of nitriles is 1. The van der Waals surface area contributed by atoms with Crippen LogP contribution in [0.2, 0.25) is 0 Å². The second-order valence-electron chi connectivity index (χ2n) is 5.66. The largest absolute Gasteiger partial charge is 0.355 e. The molecule has 1 aliphatic heterocycles. The van der Waals surface area contributed by atoms with Crippen LogP contribution in [-0.4, -0.2) is 41.0 Å². The highest BCUT2D eigenvalue weighted by Crippen LogP contribution is 2.20. The average Bonchev–Trinajstić information content (AvgIpc) is 3.04. The molecule has 0 radical (unpaired) electrons. The lowest BCUT2D eigenvalue weighted by Gasteiger charge is -2.25. The molecule has 0 amide bonds. The second kappa shape index (κ2) is 6.54. The third kappa shape index (κ3) is 3.23. The van der Waals surface area contributed by atoms with Crippen molar-refractivity contribution >= 4 is 5.82 Å². The van der Waals surface area contributed by atoms with Gasteiger partial charge >= 0.3 is 0 Å². The summed E-state index contributed by atoms with van der Waals surface area (Å²) in [5, 5.41) is 8.84. The van der Waals surface area contributed by atoms with Crippen LogP contribution in [0.4, 0.5) is 5.82 Å². The Morgan fingerprint density at radius 3 is 2.82 bits per heavy atom. The van der Waals surface area contributed by atoms with E-state index >= 15 is 0 Å². The molecule has 1 saturated heterocycles. The quantitative estimate of drug-likeness (QED) is 0.863. The van der Waals surface area contributed by atoms with E-state index in [1.54, 1.807) is 12.5 Å². The van der Waals surface area contributed by atoms with Crippen molar-refractivity contribution in [2.24, 2.45) is 0 Å². The second-order valence-corrected chi connectivity index (χ2v) is 5.66. The summed E-state index contributed by atoms with van der Waals surface area (Å²) in [7, 11) is 2.10. The molecular formula is C17H19N5. The van der Waals surface area contributed by atoms with Gasteiger partial charge in [-0.3, -0.25) is 4.90 Å². The molecule has 1 fully saturated rings. The topological polar surface area (TPSA) is 56.1 Å². The van der Waals surface area contributed by atoms with Crippen LogP contribution in [0.25, 0.3) is 0 Å². The first-order valence-corrected chi connectivity index (χ1v) is 7.46. The van der Waals surface area contributed by atoms with Gasteiger partial charge in [0.05, 0.1) is 11.6 Å². The predicted molar refractivity (Wildman–Crippen MR) is 85.3 cm³/mol. The van der Waals surface area contributed by atoms with E-state index in [2.05, 4.69) is 32.9 Å². The van der Waals surface area contributed by atoms with Gasteiger partial charge in [0.1, 0.15) is 12.1 Å². The molecular weight excluding hydrogens is 274 g/mol. The summed E-state index contributed by atoms with van der Waals surface area (Å²) in [6, 6.07) is 12.4. The van der Waals surface area contributed by atoms with E-state index in [0.29, 0.717) is 11.6 Å². The first-order chi connectivity index (χ1) is 10.8. The maximum absolute atomic E-state index is 8.84. The van der Waals surface area contributed by atoms with Crippen LogP contribution in [-0.2, 0) is 6.54 Å². The molecule has 1 aliphatic rings. The third-order valence-corrected chi connectivity index (χ3v) is 4.21. The molecule has 0 spiro atoms. The lowest BCUT2D eigenvalue weighted by molar-refractivity contribution is 0.326. The molecule has 1 unspecified atom stereocenters. The van der Waals surface area contributed by atoms with Crippen molar-refractivity contribution < 1.29 is 0 Å². The molecule has 0 saturated carbocycles. The Bertz CT molecular complexity index is 647. The van der Waals surface area contributed by atoms with Gasteiger partial charge in [0.2, 0.25) is 0 Å². The number of rotatable bonds is 4. The van der Waals surface area contributed by atoms with Crippen LogP contribution in [0.3, 0.4) is 0 Å². The molecule has 5 heteroatoms. The fourth-order valence-electron chi connectivity index (χ4n) is 2.89. The van der Waals surface area contributed by atoms with E-state index in [0.717, 1.165) is 31.9 Å². The van der Waals surface area contributed by atoms with Crippen molar-refractivity contribution in [3.05, 3.63) is 54.0 Å². The van der Waals surface area contributed by atoms with Crippen molar-refractivity contribution in [3.8, 4) is 6.07 Å². The van der Waals surface area contributed by atoms with Crippen molar-refractivity contribution in [3.63, 3.8) is 0 Å². The van der Waals surface area contributed by atoms with Crippen molar-refractivity contribution in [1.29, 1.82) is 5.26 Å². The van der Waals surface area contributed by atoms with Crippen molar-refractivity contribution in [1.82, 2.24) is 14.9 Å². The highest BCUT2D eigenvalue weighted by atomic mass is 15.3. The molecule has 3 rings (SSSR count). The first-order valence-electron chi connectivity index (χ1n) is 7.46. The molecule has 1 aromatic carbocycles. The van der Waals surface area contributed by atoms with Gasteiger partial charge in [-0.25, -0.2) is 9.97 Å². The molecule has 1 atom stereocenters. The van der Waals surface area contributed by atoms with Crippen LogP contribution in [0.5, 0.6) is 0 Å². The Kier molecular flexibility index (Phi) is 4.31. The first kappa shape index (κ1) is 14.5. The predicted octanol–water partition coefficient (Wildman–Crippen LogP) is 2.06. The molecule has 0 bridgehead atoms. The fraction of sp³-hybridized carbons (Fsp3) is 0.353. The number of benzene rings is 1. The molecule has 112 valence electrons. The van der Waals surface area contributed by atoms with Gasteiger partial charge < -0.3 is 4.90 Å². The van der Waals surface area contributed by atoms with Crippen molar-refractivity contribution in [2.75, 3.05) is 25.0 Å². The maximum atomic E-state index is 8.84. The SMILES string of the molecule is CN(c1ccncn1)C1CCN(Cc2ccc(C#N)cc2)C1. The summed E-state index contributed by atoms with van der Waals surface area (Å²) in [5.41, 5.74) is 1.97. The Hall–Kier alpha value is -2.45. The minimum atomic E-state index is 0.480. The third-order valence-electron chi connectivity index (χ3n) is 4.21. The summed E-state index contributed by atoms with van der Waals surface area (Å²) in [4.78, 5) is 13.0. The van der Waals surface area contributed by atoms with E-state index in [9.17, 15) is 0 Å². The Morgan fingerprint density at radius 1 is 1.32 bits per heavy atom. The number of likely N-dealkylation sites (N-methyl/N-ethyl adjacent to an activating group) is 1. The number of aromatic nitrogens is 2. The van der Waals surface area contributed by atoms with Gasteiger partial charge in [-0.05, 0) is 30.2 Å².